The molecule has 18 heavy (non-hydrogen) atoms. The third-order valence-corrected chi connectivity index (χ3v) is 3.86. The van der Waals surface area contributed by atoms with Crippen molar-refractivity contribution < 1.29 is 12.9 Å². The van der Waals surface area contributed by atoms with E-state index >= 15 is 0 Å². The molecule has 1 aromatic heterocycles. The summed E-state index contributed by atoms with van der Waals surface area (Å²) in [4.78, 5) is 0. The molecule has 0 aliphatic heterocycles. The zero-order valence-electron chi connectivity index (χ0n) is 9.55. The lowest BCUT2D eigenvalue weighted by Gasteiger charge is -2.04. The molecule has 0 atom stereocenters. The molecule has 1 heterocycles. The van der Waals surface area contributed by atoms with Gasteiger partial charge in [0.1, 0.15) is 0 Å². The average Bonchev–Trinajstić information content (AvgIpc) is 2.77. The number of benzene rings is 1. The maximum Gasteiger partial charge on any atom is 0.245 e. The fourth-order valence-electron chi connectivity index (χ4n) is 1.36. The molecule has 2 rings (SSSR count). The van der Waals surface area contributed by atoms with Crippen LogP contribution in [0.2, 0.25) is 5.02 Å². The maximum absolute atomic E-state index is 11.5. The topological polar surface area (TPSA) is 72.2 Å². The fraction of sp³-hybridized carbons (Fsp3) is 0.182. The van der Waals surface area contributed by atoms with Crippen molar-refractivity contribution in [3.8, 4) is 11.1 Å². The van der Waals surface area contributed by atoms with Crippen molar-refractivity contribution in [1.82, 2.24) is 5.16 Å². The van der Waals surface area contributed by atoms with Gasteiger partial charge in [-0.15, -0.1) is 0 Å². The minimum atomic E-state index is -3.39. The van der Waals surface area contributed by atoms with Gasteiger partial charge in [0, 0.05) is 5.02 Å². The molecule has 1 aromatic carbocycles. The van der Waals surface area contributed by atoms with Gasteiger partial charge in [-0.2, -0.15) is 0 Å². The Labute approximate surface area is 110 Å². The quantitative estimate of drug-likeness (QED) is 0.938. The molecule has 0 bridgehead atoms. The van der Waals surface area contributed by atoms with Crippen molar-refractivity contribution in [2.45, 2.75) is 6.92 Å². The lowest BCUT2D eigenvalue weighted by Crippen LogP contribution is -2.14. The van der Waals surface area contributed by atoms with Crippen LogP contribution >= 0.6 is 11.6 Å². The first-order valence-corrected chi connectivity index (χ1v) is 7.26. The molecule has 7 heteroatoms. The summed E-state index contributed by atoms with van der Waals surface area (Å²) in [6.07, 6.45) is 1.46. The molecule has 2 aromatic rings. The van der Waals surface area contributed by atoms with Crippen LogP contribution in [0, 0.1) is 0 Å². The van der Waals surface area contributed by atoms with E-state index in [0.717, 1.165) is 5.56 Å². The molecule has 0 spiro atoms. The molecule has 1 N–H and O–H groups in total. The maximum atomic E-state index is 11.5. The molecule has 5 nitrogen and oxygen atoms in total. The van der Waals surface area contributed by atoms with Crippen LogP contribution in [0.1, 0.15) is 6.92 Å². The van der Waals surface area contributed by atoms with E-state index < -0.39 is 10.0 Å². The van der Waals surface area contributed by atoms with Crippen molar-refractivity contribution in [3.05, 3.63) is 35.5 Å². The predicted molar refractivity (Wildman–Crippen MR) is 70.0 cm³/mol. The van der Waals surface area contributed by atoms with Gasteiger partial charge in [-0.3, -0.25) is 4.72 Å². The van der Waals surface area contributed by atoms with E-state index in [2.05, 4.69) is 9.88 Å². The molecule has 96 valence electrons. The second-order valence-electron chi connectivity index (χ2n) is 3.58. The van der Waals surface area contributed by atoms with E-state index in [1.54, 1.807) is 31.2 Å². The van der Waals surface area contributed by atoms with Gasteiger partial charge in [-0.25, -0.2) is 8.42 Å². The van der Waals surface area contributed by atoms with Crippen molar-refractivity contribution in [3.63, 3.8) is 0 Å². The summed E-state index contributed by atoms with van der Waals surface area (Å²) in [7, 11) is -3.39. The Morgan fingerprint density at radius 1 is 1.33 bits per heavy atom. The van der Waals surface area contributed by atoms with Gasteiger partial charge in [0.05, 0.1) is 17.5 Å². The summed E-state index contributed by atoms with van der Waals surface area (Å²) in [6, 6.07) is 6.95. The van der Waals surface area contributed by atoms with Gasteiger partial charge in [0.25, 0.3) is 0 Å². The molecule has 0 fully saturated rings. The Bertz CT molecular complexity index is 635. The summed E-state index contributed by atoms with van der Waals surface area (Å²) in [6.45, 7) is 1.54. The van der Waals surface area contributed by atoms with Crippen molar-refractivity contribution >= 4 is 27.5 Å². The first-order chi connectivity index (χ1) is 8.52. The van der Waals surface area contributed by atoms with E-state index in [0.29, 0.717) is 10.6 Å². The molecular weight excluding hydrogens is 276 g/mol. The van der Waals surface area contributed by atoms with Crippen LogP contribution in [-0.4, -0.2) is 19.3 Å². The van der Waals surface area contributed by atoms with Crippen LogP contribution < -0.4 is 4.72 Å². The number of aromatic nitrogens is 1. The number of nitrogens with one attached hydrogen (secondary N) is 1. The van der Waals surface area contributed by atoms with Gasteiger partial charge in [-0.05, 0) is 24.6 Å². The van der Waals surface area contributed by atoms with Gasteiger partial charge in [-0.1, -0.05) is 28.9 Å². The number of nitrogens with zero attached hydrogens (tertiary/aromatic N) is 1. The number of anilines is 1. The standard InChI is InChI=1S/C11H11ClN2O3S/c1-2-18(15,16)14-11-10(7-13-17-11)8-3-5-9(12)6-4-8/h3-7,14H,2H2,1H3. The van der Waals surface area contributed by atoms with Crippen LogP contribution in [0.25, 0.3) is 11.1 Å². The fourth-order valence-corrected chi connectivity index (χ4v) is 2.06. The molecule has 0 radical (unpaired) electrons. The zero-order valence-corrected chi connectivity index (χ0v) is 11.1. The minimum Gasteiger partial charge on any atom is -0.337 e. The van der Waals surface area contributed by atoms with Crippen molar-refractivity contribution in [2.24, 2.45) is 0 Å². The van der Waals surface area contributed by atoms with Crippen molar-refractivity contribution in [2.75, 3.05) is 10.5 Å². The number of hydrogen-bond acceptors (Lipinski definition) is 4. The second kappa shape index (κ2) is 4.99. The summed E-state index contributed by atoms with van der Waals surface area (Å²) in [5.74, 6) is 0.0764. The second-order valence-corrected chi connectivity index (χ2v) is 6.03. The molecule has 0 amide bonds. The number of rotatable bonds is 4. The first kappa shape index (κ1) is 12.9. The summed E-state index contributed by atoms with van der Waals surface area (Å²) >= 11 is 5.79. The van der Waals surface area contributed by atoms with Crippen LogP contribution in [0.15, 0.2) is 35.0 Å². The van der Waals surface area contributed by atoms with E-state index in [-0.39, 0.29) is 11.6 Å². The number of halogens is 1. The van der Waals surface area contributed by atoms with Gasteiger partial charge in [0.15, 0.2) is 0 Å². The molecule has 0 aliphatic rings. The highest BCUT2D eigenvalue weighted by Gasteiger charge is 2.15. The van der Waals surface area contributed by atoms with Crippen LogP contribution in [0.4, 0.5) is 5.88 Å². The molecule has 0 saturated carbocycles. The minimum absolute atomic E-state index is 0.0340. The normalized spacial score (nSPS) is 11.4. The third kappa shape index (κ3) is 2.83. The monoisotopic (exact) mass is 286 g/mol. The number of sulfonamides is 1. The van der Waals surface area contributed by atoms with Crippen molar-refractivity contribution in [1.29, 1.82) is 0 Å². The highest BCUT2D eigenvalue weighted by molar-refractivity contribution is 7.92. The van der Waals surface area contributed by atoms with Gasteiger partial charge in [0.2, 0.25) is 15.9 Å². The highest BCUT2D eigenvalue weighted by Crippen LogP contribution is 2.29. The third-order valence-electron chi connectivity index (χ3n) is 2.35. The Morgan fingerprint density at radius 2 is 2.00 bits per heavy atom. The van der Waals surface area contributed by atoms with Crippen LogP contribution in [-0.2, 0) is 10.0 Å². The Hall–Kier alpha value is -1.53. The predicted octanol–water partition coefficient (Wildman–Crippen LogP) is 2.76. The van der Waals surface area contributed by atoms with E-state index in [1.807, 2.05) is 0 Å². The highest BCUT2D eigenvalue weighted by atomic mass is 35.5. The molecule has 0 saturated heterocycles. The molecule has 0 aliphatic carbocycles. The van der Waals surface area contributed by atoms with Gasteiger partial charge >= 0.3 is 0 Å². The summed E-state index contributed by atoms with van der Waals surface area (Å²) in [5, 5.41) is 4.21. The molecule has 0 unspecified atom stereocenters. The SMILES string of the molecule is CCS(=O)(=O)Nc1oncc1-c1ccc(Cl)cc1. The lowest BCUT2D eigenvalue weighted by atomic mass is 10.1. The Morgan fingerprint density at radius 3 is 2.61 bits per heavy atom. The van der Waals surface area contributed by atoms with E-state index in [1.165, 1.54) is 6.20 Å². The summed E-state index contributed by atoms with van der Waals surface area (Å²) in [5.41, 5.74) is 1.35. The van der Waals surface area contributed by atoms with Gasteiger partial charge < -0.3 is 4.52 Å². The zero-order chi connectivity index (χ0) is 13.2. The Balaban J connectivity index is 2.36. The van der Waals surface area contributed by atoms with Crippen LogP contribution in [0.3, 0.4) is 0 Å². The lowest BCUT2D eigenvalue weighted by molar-refractivity contribution is 0.436. The van der Waals surface area contributed by atoms with E-state index in [9.17, 15) is 8.42 Å². The number of hydrogen-bond donors (Lipinski definition) is 1. The summed E-state index contributed by atoms with van der Waals surface area (Å²) < 4.78 is 30.2. The van der Waals surface area contributed by atoms with E-state index in [4.69, 9.17) is 16.1 Å². The molecular formula is C11H11ClN2O3S. The first-order valence-electron chi connectivity index (χ1n) is 5.23. The average molecular weight is 287 g/mol. The van der Waals surface area contributed by atoms with Crippen LogP contribution in [0.5, 0.6) is 0 Å². The Kier molecular flexibility index (Phi) is 3.58. The largest absolute Gasteiger partial charge is 0.337 e. The smallest absolute Gasteiger partial charge is 0.245 e.